The van der Waals surface area contributed by atoms with Crippen molar-refractivity contribution in [3.05, 3.63) is 59.2 Å². The van der Waals surface area contributed by atoms with E-state index >= 15 is 0 Å². The molecule has 1 fully saturated rings. The van der Waals surface area contributed by atoms with Gasteiger partial charge in [-0.3, -0.25) is 0 Å². The Bertz CT molecular complexity index is 754. The third kappa shape index (κ3) is 4.74. The zero-order valence-electron chi connectivity index (χ0n) is 15.7. The number of morpholine rings is 1. The maximum atomic E-state index is 5.49. The lowest BCUT2D eigenvalue weighted by atomic mass is 10.1. The summed E-state index contributed by atoms with van der Waals surface area (Å²) in [5.41, 5.74) is 5.95. The molecule has 0 amide bonds. The fourth-order valence-corrected chi connectivity index (χ4v) is 3.47. The van der Waals surface area contributed by atoms with Crippen molar-refractivity contribution < 1.29 is 4.74 Å². The van der Waals surface area contributed by atoms with Crippen molar-refractivity contribution in [1.82, 2.24) is 5.32 Å². The summed E-state index contributed by atoms with van der Waals surface area (Å²) in [5, 5.41) is 7.31. The quantitative estimate of drug-likeness (QED) is 0.791. The predicted molar refractivity (Wildman–Crippen MR) is 113 cm³/mol. The summed E-state index contributed by atoms with van der Waals surface area (Å²) in [6.45, 7) is 9.83. The minimum absolute atomic E-state index is 0.138. The van der Waals surface area contributed by atoms with E-state index in [1.165, 1.54) is 22.4 Å². The topological polar surface area (TPSA) is 36.5 Å². The molecule has 1 saturated heterocycles. The van der Waals surface area contributed by atoms with E-state index in [-0.39, 0.29) is 6.04 Å². The Kier molecular flexibility index (Phi) is 6.12. The highest BCUT2D eigenvalue weighted by Crippen LogP contribution is 2.21. The number of nitrogens with one attached hydrogen (secondary N) is 2. The molecule has 0 bridgehead atoms. The average molecular weight is 370 g/mol. The van der Waals surface area contributed by atoms with E-state index in [1.807, 2.05) is 0 Å². The minimum Gasteiger partial charge on any atom is -0.378 e. The van der Waals surface area contributed by atoms with Gasteiger partial charge in [0.1, 0.15) is 0 Å². The number of rotatable bonds is 4. The lowest BCUT2D eigenvalue weighted by Crippen LogP contribution is -2.36. The second-order valence-corrected chi connectivity index (χ2v) is 7.24. The fourth-order valence-electron chi connectivity index (χ4n) is 3.19. The van der Waals surface area contributed by atoms with Gasteiger partial charge in [0.15, 0.2) is 5.11 Å². The van der Waals surface area contributed by atoms with Gasteiger partial charge < -0.3 is 20.3 Å². The van der Waals surface area contributed by atoms with Crippen LogP contribution < -0.4 is 15.5 Å². The first kappa shape index (κ1) is 18.7. The summed E-state index contributed by atoms with van der Waals surface area (Å²) < 4.78 is 5.42. The molecule has 1 aliphatic heterocycles. The summed E-state index contributed by atoms with van der Waals surface area (Å²) in [7, 11) is 0. The first-order valence-electron chi connectivity index (χ1n) is 9.10. The zero-order valence-corrected chi connectivity index (χ0v) is 16.5. The number of thiocarbonyl (C=S) groups is 1. The predicted octanol–water partition coefficient (Wildman–Crippen LogP) is 4.19. The second kappa shape index (κ2) is 8.52. The third-order valence-electron chi connectivity index (χ3n) is 4.75. The van der Waals surface area contributed by atoms with E-state index in [9.17, 15) is 0 Å². The van der Waals surface area contributed by atoms with E-state index in [0.717, 1.165) is 32.0 Å². The van der Waals surface area contributed by atoms with Crippen molar-refractivity contribution in [3.8, 4) is 0 Å². The third-order valence-corrected chi connectivity index (χ3v) is 4.97. The van der Waals surface area contributed by atoms with Gasteiger partial charge in [0.25, 0.3) is 0 Å². The van der Waals surface area contributed by atoms with Crippen molar-refractivity contribution in [1.29, 1.82) is 0 Å². The molecule has 0 unspecified atom stereocenters. The maximum Gasteiger partial charge on any atom is 0.171 e. The van der Waals surface area contributed by atoms with E-state index in [0.29, 0.717) is 5.11 Å². The van der Waals surface area contributed by atoms with E-state index in [4.69, 9.17) is 17.0 Å². The Hall–Kier alpha value is -2.11. The van der Waals surface area contributed by atoms with Crippen LogP contribution in [0.3, 0.4) is 0 Å². The lowest BCUT2D eigenvalue weighted by molar-refractivity contribution is 0.122. The summed E-state index contributed by atoms with van der Waals surface area (Å²) in [6, 6.07) is 15.1. The van der Waals surface area contributed by atoms with Crippen LogP contribution in [0.25, 0.3) is 0 Å². The Balaban J connectivity index is 1.58. The summed E-state index contributed by atoms with van der Waals surface area (Å²) >= 11 is 5.49. The smallest absolute Gasteiger partial charge is 0.171 e. The number of anilines is 2. The van der Waals surface area contributed by atoms with Crippen LogP contribution in [-0.2, 0) is 4.74 Å². The number of hydrogen-bond acceptors (Lipinski definition) is 3. The van der Waals surface area contributed by atoms with Gasteiger partial charge in [-0.2, -0.15) is 0 Å². The molecule has 0 radical (unpaired) electrons. The number of benzene rings is 2. The van der Waals surface area contributed by atoms with Crippen molar-refractivity contribution >= 4 is 28.7 Å². The number of nitrogens with zero attached hydrogens (tertiary/aromatic N) is 1. The first-order chi connectivity index (χ1) is 12.5. The van der Waals surface area contributed by atoms with Crippen molar-refractivity contribution in [3.63, 3.8) is 0 Å². The Morgan fingerprint density at radius 3 is 2.42 bits per heavy atom. The first-order valence-corrected chi connectivity index (χ1v) is 9.51. The molecule has 1 atom stereocenters. The van der Waals surface area contributed by atoms with Crippen LogP contribution in [-0.4, -0.2) is 31.4 Å². The van der Waals surface area contributed by atoms with E-state index in [1.54, 1.807) is 0 Å². The van der Waals surface area contributed by atoms with Crippen LogP contribution in [0.5, 0.6) is 0 Å². The normalized spacial score (nSPS) is 15.4. The highest BCUT2D eigenvalue weighted by Gasteiger charge is 2.12. The lowest BCUT2D eigenvalue weighted by Gasteiger charge is -2.29. The Morgan fingerprint density at radius 1 is 1.08 bits per heavy atom. The molecular formula is C21H27N3OS. The van der Waals surface area contributed by atoms with Gasteiger partial charge in [-0.25, -0.2) is 0 Å². The van der Waals surface area contributed by atoms with Crippen molar-refractivity contribution in [2.24, 2.45) is 0 Å². The molecule has 2 aromatic carbocycles. The summed E-state index contributed by atoms with van der Waals surface area (Å²) in [4.78, 5) is 2.36. The van der Waals surface area contributed by atoms with Crippen LogP contribution in [0.1, 0.15) is 29.7 Å². The Morgan fingerprint density at radius 2 is 1.77 bits per heavy atom. The molecule has 2 aromatic rings. The van der Waals surface area contributed by atoms with Crippen LogP contribution in [0, 0.1) is 13.8 Å². The van der Waals surface area contributed by atoms with Crippen LogP contribution in [0.2, 0.25) is 0 Å². The summed E-state index contributed by atoms with van der Waals surface area (Å²) in [6.07, 6.45) is 0. The number of hydrogen-bond donors (Lipinski definition) is 2. The van der Waals surface area contributed by atoms with Crippen molar-refractivity contribution in [2.45, 2.75) is 26.8 Å². The SMILES string of the molecule is Cc1ccc(NC(=S)N[C@@H](C)c2ccc(N3CCOCC3)cc2)c(C)c1. The fraction of sp³-hybridized carbons (Fsp3) is 0.381. The highest BCUT2D eigenvalue weighted by atomic mass is 32.1. The van der Waals surface area contributed by atoms with Gasteiger partial charge in [0.05, 0.1) is 19.3 Å². The molecular weight excluding hydrogens is 342 g/mol. The molecule has 0 aliphatic carbocycles. The minimum atomic E-state index is 0.138. The van der Waals surface area contributed by atoms with Crippen LogP contribution in [0.4, 0.5) is 11.4 Å². The zero-order chi connectivity index (χ0) is 18.5. The molecule has 4 nitrogen and oxygen atoms in total. The monoisotopic (exact) mass is 369 g/mol. The molecule has 1 heterocycles. The van der Waals surface area contributed by atoms with E-state index < -0.39 is 0 Å². The molecule has 3 rings (SSSR count). The molecule has 0 aromatic heterocycles. The standard InChI is InChI=1S/C21H27N3OS/c1-15-4-9-20(16(2)14-15)23-21(26)22-17(3)18-5-7-19(8-6-18)24-10-12-25-13-11-24/h4-9,14,17H,10-13H2,1-3H3,(H2,22,23,26)/t17-/m0/s1. The van der Waals surface area contributed by atoms with Crippen LogP contribution in [0.15, 0.2) is 42.5 Å². The Labute approximate surface area is 161 Å². The molecule has 26 heavy (non-hydrogen) atoms. The molecule has 2 N–H and O–H groups in total. The average Bonchev–Trinajstić information content (AvgIpc) is 2.65. The highest BCUT2D eigenvalue weighted by molar-refractivity contribution is 7.80. The van der Waals surface area contributed by atoms with Gasteiger partial charge in [0, 0.05) is 24.5 Å². The van der Waals surface area contributed by atoms with Gasteiger partial charge in [-0.15, -0.1) is 0 Å². The molecule has 138 valence electrons. The number of aryl methyl sites for hydroxylation is 2. The maximum absolute atomic E-state index is 5.49. The van der Waals surface area contributed by atoms with Crippen molar-refractivity contribution in [2.75, 3.05) is 36.5 Å². The molecule has 1 aliphatic rings. The van der Waals surface area contributed by atoms with E-state index in [2.05, 4.69) is 78.8 Å². The largest absolute Gasteiger partial charge is 0.378 e. The van der Waals surface area contributed by atoms with Crippen LogP contribution >= 0.6 is 12.2 Å². The molecule has 5 heteroatoms. The summed E-state index contributed by atoms with van der Waals surface area (Å²) in [5.74, 6) is 0. The van der Waals surface area contributed by atoms with Gasteiger partial charge in [-0.1, -0.05) is 29.8 Å². The second-order valence-electron chi connectivity index (χ2n) is 6.83. The molecule has 0 saturated carbocycles. The molecule has 0 spiro atoms. The van der Waals surface area contributed by atoms with Gasteiger partial charge >= 0.3 is 0 Å². The van der Waals surface area contributed by atoms with Gasteiger partial charge in [0.2, 0.25) is 0 Å². The van der Waals surface area contributed by atoms with Gasteiger partial charge in [-0.05, 0) is 62.3 Å². The number of ether oxygens (including phenoxy) is 1.